The van der Waals surface area contributed by atoms with Gasteiger partial charge in [-0.25, -0.2) is 4.39 Å². The third kappa shape index (κ3) is 3.32. The highest BCUT2D eigenvalue weighted by Crippen LogP contribution is 2.14. The van der Waals surface area contributed by atoms with Crippen LogP contribution in [-0.2, 0) is 13.2 Å². The third-order valence-corrected chi connectivity index (χ3v) is 2.28. The number of nitrogens with one attached hydrogen (secondary N) is 1. The summed E-state index contributed by atoms with van der Waals surface area (Å²) in [6.07, 6.45) is 1.69. The van der Waals surface area contributed by atoms with Gasteiger partial charge < -0.3 is 14.5 Å². The van der Waals surface area contributed by atoms with Crippen LogP contribution in [0.4, 0.5) is 4.39 Å². The second kappa shape index (κ2) is 5.50. The number of benzene rings is 1. The van der Waals surface area contributed by atoms with Crippen LogP contribution in [-0.4, -0.2) is 7.05 Å². The standard InChI is InChI=1S/C13H14FNO2/c1-15-7-10-6-13(16-8-10)9-17-12-4-2-11(14)3-5-12/h2-6,8,15H,7,9H2,1H3. The Morgan fingerprint density at radius 3 is 2.76 bits per heavy atom. The van der Waals surface area contributed by atoms with Crippen LogP contribution >= 0.6 is 0 Å². The van der Waals surface area contributed by atoms with Gasteiger partial charge in [-0.1, -0.05) is 0 Å². The van der Waals surface area contributed by atoms with E-state index in [1.165, 1.54) is 12.1 Å². The first-order valence-corrected chi connectivity index (χ1v) is 5.37. The zero-order valence-electron chi connectivity index (χ0n) is 9.57. The Morgan fingerprint density at radius 2 is 2.06 bits per heavy atom. The van der Waals surface area contributed by atoms with Crippen molar-refractivity contribution in [2.24, 2.45) is 0 Å². The number of ether oxygens (including phenoxy) is 1. The average molecular weight is 235 g/mol. The van der Waals surface area contributed by atoms with Crippen LogP contribution in [0.5, 0.6) is 5.75 Å². The van der Waals surface area contributed by atoms with Gasteiger partial charge in [0.1, 0.15) is 23.9 Å². The lowest BCUT2D eigenvalue weighted by Gasteiger charge is -2.03. The summed E-state index contributed by atoms with van der Waals surface area (Å²) in [5, 5.41) is 3.03. The maximum atomic E-state index is 12.7. The molecule has 1 heterocycles. The van der Waals surface area contributed by atoms with E-state index in [0.29, 0.717) is 12.4 Å². The first-order valence-electron chi connectivity index (χ1n) is 5.37. The highest BCUT2D eigenvalue weighted by molar-refractivity contribution is 5.22. The van der Waals surface area contributed by atoms with Gasteiger partial charge in [0, 0.05) is 12.1 Å². The number of furan rings is 1. The van der Waals surface area contributed by atoms with Crippen molar-refractivity contribution in [3.05, 3.63) is 53.7 Å². The lowest BCUT2D eigenvalue weighted by Crippen LogP contribution is -2.03. The van der Waals surface area contributed by atoms with E-state index in [2.05, 4.69) is 5.32 Å². The highest BCUT2D eigenvalue weighted by atomic mass is 19.1. The first kappa shape index (κ1) is 11.7. The lowest BCUT2D eigenvalue weighted by molar-refractivity contribution is 0.270. The van der Waals surface area contributed by atoms with Gasteiger partial charge in [0.05, 0.1) is 6.26 Å². The molecule has 0 aliphatic rings. The van der Waals surface area contributed by atoms with E-state index in [-0.39, 0.29) is 5.82 Å². The van der Waals surface area contributed by atoms with Gasteiger partial charge in [0.15, 0.2) is 0 Å². The molecule has 0 saturated carbocycles. The molecular weight excluding hydrogens is 221 g/mol. The molecule has 1 N–H and O–H groups in total. The maximum Gasteiger partial charge on any atom is 0.146 e. The Kier molecular flexibility index (Phi) is 3.77. The molecule has 2 rings (SSSR count). The van der Waals surface area contributed by atoms with Gasteiger partial charge in [-0.05, 0) is 37.4 Å². The molecule has 0 unspecified atom stereocenters. The molecule has 2 aromatic rings. The first-order chi connectivity index (χ1) is 8.28. The number of hydrogen-bond acceptors (Lipinski definition) is 3. The molecule has 17 heavy (non-hydrogen) atoms. The lowest BCUT2D eigenvalue weighted by atomic mass is 10.3. The second-order valence-electron chi connectivity index (χ2n) is 3.69. The Labute approximate surface area is 99.2 Å². The van der Waals surface area contributed by atoms with Crippen LogP contribution in [0, 0.1) is 5.82 Å². The second-order valence-corrected chi connectivity index (χ2v) is 3.69. The fourth-order valence-corrected chi connectivity index (χ4v) is 1.48. The smallest absolute Gasteiger partial charge is 0.146 e. The normalized spacial score (nSPS) is 10.5. The maximum absolute atomic E-state index is 12.7. The quantitative estimate of drug-likeness (QED) is 0.865. The van der Waals surface area contributed by atoms with E-state index in [1.807, 2.05) is 13.1 Å². The summed E-state index contributed by atoms with van der Waals surface area (Å²) in [5.41, 5.74) is 1.07. The summed E-state index contributed by atoms with van der Waals surface area (Å²) in [4.78, 5) is 0. The molecule has 0 bridgehead atoms. The van der Waals surface area contributed by atoms with Gasteiger partial charge in [-0.15, -0.1) is 0 Å². The monoisotopic (exact) mass is 235 g/mol. The number of halogens is 1. The molecule has 90 valence electrons. The zero-order chi connectivity index (χ0) is 12.1. The Balaban J connectivity index is 1.90. The minimum Gasteiger partial charge on any atom is -0.486 e. The summed E-state index contributed by atoms with van der Waals surface area (Å²) in [6.45, 7) is 1.11. The van der Waals surface area contributed by atoms with Crippen LogP contribution in [0.3, 0.4) is 0 Å². The van der Waals surface area contributed by atoms with E-state index < -0.39 is 0 Å². The molecule has 0 atom stereocenters. The Morgan fingerprint density at radius 1 is 1.29 bits per heavy atom. The molecule has 1 aromatic carbocycles. The van der Waals surface area contributed by atoms with E-state index in [0.717, 1.165) is 17.9 Å². The van der Waals surface area contributed by atoms with Crippen LogP contribution < -0.4 is 10.1 Å². The van der Waals surface area contributed by atoms with Crippen molar-refractivity contribution in [2.75, 3.05) is 7.05 Å². The molecular formula is C13H14FNO2. The molecule has 3 nitrogen and oxygen atoms in total. The van der Waals surface area contributed by atoms with Gasteiger partial charge in [0.25, 0.3) is 0 Å². The largest absolute Gasteiger partial charge is 0.486 e. The van der Waals surface area contributed by atoms with Gasteiger partial charge in [-0.2, -0.15) is 0 Å². The highest BCUT2D eigenvalue weighted by Gasteiger charge is 2.02. The van der Waals surface area contributed by atoms with Crippen molar-refractivity contribution in [1.29, 1.82) is 0 Å². The zero-order valence-corrected chi connectivity index (χ0v) is 9.57. The predicted octanol–water partition coefficient (Wildman–Crippen LogP) is 2.72. The van der Waals surface area contributed by atoms with E-state index in [1.54, 1.807) is 18.4 Å². The minimum absolute atomic E-state index is 0.272. The van der Waals surface area contributed by atoms with Crippen molar-refractivity contribution < 1.29 is 13.5 Å². The van der Waals surface area contributed by atoms with Crippen LogP contribution in [0.25, 0.3) is 0 Å². The summed E-state index contributed by atoms with van der Waals surface area (Å²) in [6, 6.07) is 7.84. The molecule has 0 spiro atoms. The van der Waals surface area contributed by atoms with Crippen molar-refractivity contribution in [2.45, 2.75) is 13.2 Å². The molecule has 0 saturated heterocycles. The molecule has 4 heteroatoms. The summed E-state index contributed by atoms with van der Waals surface area (Å²) >= 11 is 0. The number of hydrogen-bond donors (Lipinski definition) is 1. The average Bonchev–Trinajstić information content (AvgIpc) is 2.77. The topological polar surface area (TPSA) is 34.4 Å². The molecule has 0 amide bonds. The molecule has 0 aliphatic carbocycles. The third-order valence-electron chi connectivity index (χ3n) is 2.28. The van der Waals surface area contributed by atoms with Gasteiger partial charge >= 0.3 is 0 Å². The summed E-state index contributed by atoms with van der Waals surface area (Å²) in [5.74, 6) is 1.10. The number of rotatable bonds is 5. The van der Waals surface area contributed by atoms with Crippen molar-refractivity contribution in [3.8, 4) is 5.75 Å². The Bertz CT molecular complexity index is 465. The molecule has 0 aliphatic heterocycles. The predicted molar refractivity (Wildman–Crippen MR) is 62.2 cm³/mol. The van der Waals surface area contributed by atoms with Crippen molar-refractivity contribution in [1.82, 2.24) is 5.32 Å². The van der Waals surface area contributed by atoms with Gasteiger partial charge in [-0.3, -0.25) is 0 Å². The summed E-state index contributed by atoms with van der Waals surface area (Å²) in [7, 11) is 1.88. The van der Waals surface area contributed by atoms with E-state index in [9.17, 15) is 4.39 Å². The Hall–Kier alpha value is -1.81. The molecule has 0 radical (unpaired) electrons. The molecule has 1 aromatic heterocycles. The fraction of sp³-hybridized carbons (Fsp3) is 0.231. The SMILES string of the molecule is CNCc1coc(COc2ccc(F)cc2)c1. The fourth-order valence-electron chi connectivity index (χ4n) is 1.48. The van der Waals surface area contributed by atoms with Crippen LogP contribution in [0.15, 0.2) is 41.0 Å². The van der Waals surface area contributed by atoms with E-state index >= 15 is 0 Å². The van der Waals surface area contributed by atoms with Crippen LogP contribution in [0.1, 0.15) is 11.3 Å². The summed E-state index contributed by atoms with van der Waals surface area (Å²) < 4.78 is 23.4. The van der Waals surface area contributed by atoms with Gasteiger partial charge in [0.2, 0.25) is 0 Å². The van der Waals surface area contributed by atoms with Crippen molar-refractivity contribution >= 4 is 0 Å². The molecule has 0 fully saturated rings. The van der Waals surface area contributed by atoms with E-state index in [4.69, 9.17) is 9.15 Å². The van der Waals surface area contributed by atoms with Crippen molar-refractivity contribution in [3.63, 3.8) is 0 Å². The minimum atomic E-state index is -0.272. The van der Waals surface area contributed by atoms with Crippen LogP contribution in [0.2, 0.25) is 0 Å².